The zero-order valence-corrected chi connectivity index (χ0v) is 11.0. The molecule has 0 saturated carbocycles. The van der Waals surface area contributed by atoms with Crippen LogP contribution >= 0.6 is 0 Å². The molecule has 8 heteroatoms. The summed E-state index contributed by atoms with van der Waals surface area (Å²) >= 11 is 0. The Bertz CT molecular complexity index is 504. The zero-order valence-electron chi connectivity index (χ0n) is 11.0. The minimum atomic E-state index is -0.662. The predicted octanol–water partition coefficient (Wildman–Crippen LogP) is 0.955. The number of hydrogen-bond donors (Lipinski definition) is 0. The van der Waals surface area contributed by atoms with E-state index in [2.05, 4.69) is 30.2 Å². The Kier molecular flexibility index (Phi) is 6.15. The molecule has 0 aliphatic heterocycles. The van der Waals surface area contributed by atoms with Crippen molar-refractivity contribution in [3.8, 4) is 12.1 Å². The molecule has 0 aliphatic rings. The van der Waals surface area contributed by atoms with Gasteiger partial charge in [0.05, 0.1) is 36.0 Å². The molecule has 0 amide bonds. The lowest BCUT2D eigenvalue weighted by atomic mass is 10.1. The fourth-order valence-corrected chi connectivity index (χ4v) is 1.28. The number of nitriles is 2. The standard InChI is InChI=1S/C12H12N6O2/c1-19-15-7-9(5-13)11-3-4-12(18-17-11)10(6-14)8-16-20-2/h3-4,7-10H,1-2H3/b15-7+,16-8+. The van der Waals surface area contributed by atoms with Crippen LogP contribution in [-0.4, -0.2) is 36.8 Å². The van der Waals surface area contributed by atoms with Gasteiger partial charge in [-0.15, -0.1) is 0 Å². The van der Waals surface area contributed by atoms with Gasteiger partial charge in [0.25, 0.3) is 0 Å². The van der Waals surface area contributed by atoms with Crippen LogP contribution in [0.5, 0.6) is 0 Å². The number of rotatable bonds is 6. The lowest BCUT2D eigenvalue weighted by Crippen LogP contribution is -2.07. The molecule has 0 aromatic carbocycles. The second-order valence-corrected chi connectivity index (χ2v) is 3.47. The molecule has 0 saturated heterocycles. The Morgan fingerprint density at radius 3 is 1.65 bits per heavy atom. The Balaban J connectivity index is 2.93. The van der Waals surface area contributed by atoms with Crippen LogP contribution in [-0.2, 0) is 9.68 Å². The van der Waals surface area contributed by atoms with Gasteiger partial charge in [-0.1, -0.05) is 10.3 Å². The molecule has 1 rings (SSSR count). The highest BCUT2D eigenvalue weighted by Crippen LogP contribution is 2.13. The van der Waals surface area contributed by atoms with Crippen molar-refractivity contribution in [1.29, 1.82) is 10.5 Å². The van der Waals surface area contributed by atoms with Crippen molar-refractivity contribution >= 4 is 12.4 Å². The van der Waals surface area contributed by atoms with Crippen LogP contribution < -0.4 is 0 Å². The molecule has 1 heterocycles. The second kappa shape index (κ2) is 8.16. The number of nitrogens with zero attached hydrogens (tertiary/aromatic N) is 6. The second-order valence-electron chi connectivity index (χ2n) is 3.47. The smallest absolute Gasteiger partial charge is 0.129 e. The average molecular weight is 272 g/mol. The normalized spacial score (nSPS) is 13.6. The van der Waals surface area contributed by atoms with E-state index in [4.69, 9.17) is 10.5 Å². The van der Waals surface area contributed by atoms with Crippen molar-refractivity contribution in [2.24, 2.45) is 10.3 Å². The van der Waals surface area contributed by atoms with E-state index in [1.807, 2.05) is 12.1 Å². The quantitative estimate of drug-likeness (QED) is 0.562. The van der Waals surface area contributed by atoms with E-state index in [0.717, 1.165) is 0 Å². The first-order valence-corrected chi connectivity index (χ1v) is 5.52. The molecule has 2 unspecified atom stereocenters. The fourth-order valence-electron chi connectivity index (χ4n) is 1.28. The summed E-state index contributed by atoms with van der Waals surface area (Å²) < 4.78 is 0. The molecule has 1 aromatic heterocycles. The summed E-state index contributed by atoms with van der Waals surface area (Å²) in [6, 6.07) is 7.21. The molecule has 0 spiro atoms. The van der Waals surface area contributed by atoms with Crippen LogP contribution in [0.4, 0.5) is 0 Å². The lowest BCUT2D eigenvalue weighted by Gasteiger charge is -2.04. The van der Waals surface area contributed by atoms with Crippen LogP contribution in [0.15, 0.2) is 22.4 Å². The maximum absolute atomic E-state index is 8.99. The maximum Gasteiger partial charge on any atom is 0.129 e. The third-order valence-electron chi connectivity index (χ3n) is 2.25. The summed E-state index contributed by atoms with van der Waals surface area (Å²) in [5.41, 5.74) is 0.829. The first kappa shape index (κ1) is 15.1. The average Bonchev–Trinajstić information content (AvgIpc) is 2.50. The first-order valence-electron chi connectivity index (χ1n) is 5.52. The first-order chi connectivity index (χ1) is 9.76. The van der Waals surface area contributed by atoms with E-state index in [-0.39, 0.29) is 0 Å². The molecule has 0 fully saturated rings. The van der Waals surface area contributed by atoms with Crippen LogP contribution in [0.1, 0.15) is 23.2 Å². The van der Waals surface area contributed by atoms with Gasteiger partial charge in [-0.2, -0.15) is 20.7 Å². The van der Waals surface area contributed by atoms with E-state index < -0.39 is 11.8 Å². The van der Waals surface area contributed by atoms with Gasteiger partial charge in [0.2, 0.25) is 0 Å². The Hall–Kier alpha value is -3.00. The van der Waals surface area contributed by atoms with Crippen LogP contribution in [0, 0.1) is 22.7 Å². The van der Waals surface area contributed by atoms with E-state index in [0.29, 0.717) is 11.4 Å². The molecule has 0 radical (unpaired) electrons. The van der Waals surface area contributed by atoms with Crippen LogP contribution in [0.3, 0.4) is 0 Å². The van der Waals surface area contributed by atoms with Crippen LogP contribution in [0.25, 0.3) is 0 Å². The van der Waals surface area contributed by atoms with Gasteiger partial charge in [-0.3, -0.25) is 0 Å². The van der Waals surface area contributed by atoms with Gasteiger partial charge in [-0.25, -0.2) is 0 Å². The van der Waals surface area contributed by atoms with Crippen molar-refractivity contribution in [3.63, 3.8) is 0 Å². The predicted molar refractivity (Wildman–Crippen MR) is 69.7 cm³/mol. The summed E-state index contributed by atoms with van der Waals surface area (Å²) in [7, 11) is 2.76. The monoisotopic (exact) mass is 272 g/mol. The van der Waals surface area contributed by atoms with Gasteiger partial charge in [-0.05, 0) is 12.1 Å². The third-order valence-corrected chi connectivity index (χ3v) is 2.25. The third kappa shape index (κ3) is 4.03. The molecule has 0 bridgehead atoms. The van der Waals surface area contributed by atoms with Gasteiger partial charge < -0.3 is 9.68 Å². The fraction of sp³-hybridized carbons (Fsp3) is 0.333. The number of oxime groups is 2. The largest absolute Gasteiger partial charge is 0.399 e. The van der Waals surface area contributed by atoms with Gasteiger partial charge in [0.1, 0.15) is 26.1 Å². The number of aromatic nitrogens is 2. The van der Waals surface area contributed by atoms with Gasteiger partial charge >= 0.3 is 0 Å². The highest BCUT2D eigenvalue weighted by Gasteiger charge is 2.14. The van der Waals surface area contributed by atoms with Gasteiger partial charge in [0.15, 0.2) is 0 Å². The zero-order chi connectivity index (χ0) is 14.8. The molecule has 0 N–H and O–H groups in total. The Morgan fingerprint density at radius 1 is 1.00 bits per heavy atom. The van der Waals surface area contributed by atoms with Crippen molar-refractivity contribution in [3.05, 3.63) is 23.5 Å². The molecule has 2 atom stereocenters. The summed E-state index contributed by atoms with van der Waals surface area (Å²) in [6.07, 6.45) is 2.63. The molecular weight excluding hydrogens is 260 g/mol. The van der Waals surface area contributed by atoms with Crippen molar-refractivity contribution < 1.29 is 9.68 Å². The Labute approximate surface area is 115 Å². The molecule has 8 nitrogen and oxygen atoms in total. The number of hydrogen-bond acceptors (Lipinski definition) is 8. The van der Waals surface area contributed by atoms with E-state index >= 15 is 0 Å². The topological polar surface area (TPSA) is 117 Å². The van der Waals surface area contributed by atoms with Crippen molar-refractivity contribution in [2.75, 3.05) is 14.2 Å². The summed E-state index contributed by atoms with van der Waals surface area (Å²) in [4.78, 5) is 9.03. The molecule has 20 heavy (non-hydrogen) atoms. The van der Waals surface area contributed by atoms with Crippen molar-refractivity contribution in [1.82, 2.24) is 10.2 Å². The summed E-state index contributed by atoms with van der Waals surface area (Å²) in [5.74, 6) is -1.32. The van der Waals surface area contributed by atoms with Crippen LogP contribution in [0.2, 0.25) is 0 Å². The minimum absolute atomic E-state index is 0.414. The van der Waals surface area contributed by atoms with Gasteiger partial charge in [0, 0.05) is 0 Å². The molecule has 0 aliphatic carbocycles. The molecule has 102 valence electrons. The Morgan fingerprint density at radius 2 is 1.40 bits per heavy atom. The summed E-state index contributed by atoms with van der Waals surface area (Å²) in [6.45, 7) is 0. The molecule has 1 aromatic rings. The molecular formula is C12H12N6O2. The van der Waals surface area contributed by atoms with E-state index in [1.165, 1.54) is 26.6 Å². The minimum Gasteiger partial charge on any atom is -0.399 e. The highest BCUT2D eigenvalue weighted by atomic mass is 16.6. The SMILES string of the molecule is CO/N=C/C(C#N)c1ccc(C(C#N)/C=N/OC)nn1. The highest BCUT2D eigenvalue weighted by molar-refractivity contribution is 5.71. The summed E-state index contributed by atoms with van der Waals surface area (Å²) in [5, 5.41) is 32.9. The van der Waals surface area contributed by atoms with E-state index in [9.17, 15) is 0 Å². The van der Waals surface area contributed by atoms with E-state index in [1.54, 1.807) is 12.1 Å². The lowest BCUT2D eigenvalue weighted by molar-refractivity contribution is 0.214. The maximum atomic E-state index is 8.99. The van der Waals surface area contributed by atoms with Crippen molar-refractivity contribution in [2.45, 2.75) is 11.8 Å².